The maximum absolute atomic E-state index is 13.8. The average molecular weight is 314 g/mol. The van der Waals surface area contributed by atoms with Crippen LogP contribution in [0.15, 0.2) is 22.7 Å². The number of carbonyl (C=O) groups is 2. The summed E-state index contributed by atoms with van der Waals surface area (Å²) in [5.74, 6) is -1.00. The number of hydrogen-bond donors (Lipinski definition) is 1. The second-order valence-corrected chi connectivity index (χ2v) is 5.39. The predicted molar refractivity (Wildman–Crippen MR) is 69.0 cm³/mol. The van der Waals surface area contributed by atoms with Crippen LogP contribution in [0, 0.1) is 11.2 Å². The van der Waals surface area contributed by atoms with E-state index in [4.69, 9.17) is 0 Å². The molecule has 18 heavy (non-hydrogen) atoms. The molecule has 1 aromatic rings. The highest BCUT2D eigenvalue weighted by molar-refractivity contribution is 9.10. The summed E-state index contributed by atoms with van der Waals surface area (Å²) in [6.07, 6.45) is 1.52. The van der Waals surface area contributed by atoms with Gasteiger partial charge in [0.15, 0.2) is 5.78 Å². The van der Waals surface area contributed by atoms with E-state index in [9.17, 15) is 14.0 Å². The first-order valence-corrected chi connectivity index (χ1v) is 6.55. The van der Waals surface area contributed by atoms with Gasteiger partial charge < -0.3 is 10.1 Å². The molecule has 1 aromatic carbocycles. The SMILES string of the molecule is O=CC1(C(=O)c2ccc(Br)cc2F)CCNCC1. The molecule has 3 nitrogen and oxygen atoms in total. The van der Waals surface area contributed by atoms with Crippen molar-refractivity contribution in [2.45, 2.75) is 12.8 Å². The van der Waals surface area contributed by atoms with Crippen LogP contribution in [0.1, 0.15) is 23.2 Å². The molecule has 1 fully saturated rings. The number of Topliss-reactive ketones (excluding diaryl/α,β-unsaturated/α-hetero) is 1. The van der Waals surface area contributed by atoms with Crippen LogP contribution in [0.2, 0.25) is 0 Å². The summed E-state index contributed by atoms with van der Waals surface area (Å²) in [5, 5.41) is 3.09. The molecule has 0 amide bonds. The molecule has 1 N–H and O–H groups in total. The van der Waals surface area contributed by atoms with Crippen molar-refractivity contribution < 1.29 is 14.0 Å². The van der Waals surface area contributed by atoms with Crippen molar-refractivity contribution in [2.75, 3.05) is 13.1 Å². The van der Waals surface area contributed by atoms with Gasteiger partial charge >= 0.3 is 0 Å². The fourth-order valence-corrected chi connectivity index (χ4v) is 2.55. The van der Waals surface area contributed by atoms with E-state index in [1.165, 1.54) is 12.1 Å². The molecule has 0 radical (unpaired) electrons. The Morgan fingerprint density at radius 2 is 2.06 bits per heavy atom. The monoisotopic (exact) mass is 313 g/mol. The number of aldehydes is 1. The summed E-state index contributed by atoms with van der Waals surface area (Å²) in [7, 11) is 0. The van der Waals surface area contributed by atoms with Crippen LogP contribution in [0.4, 0.5) is 4.39 Å². The topological polar surface area (TPSA) is 46.2 Å². The number of carbonyl (C=O) groups excluding carboxylic acids is 2. The number of halogens is 2. The van der Waals surface area contributed by atoms with Crippen molar-refractivity contribution in [3.8, 4) is 0 Å². The highest BCUT2D eigenvalue weighted by Gasteiger charge is 2.40. The second-order valence-electron chi connectivity index (χ2n) is 4.48. The zero-order valence-electron chi connectivity index (χ0n) is 9.71. The van der Waals surface area contributed by atoms with Gasteiger partial charge in [0, 0.05) is 4.47 Å². The highest BCUT2D eigenvalue weighted by Crippen LogP contribution is 2.32. The van der Waals surface area contributed by atoms with E-state index in [1.807, 2.05) is 0 Å². The van der Waals surface area contributed by atoms with Crippen molar-refractivity contribution in [2.24, 2.45) is 5.41 Å². The van der Waals surface area contributed by atoms with Crippen LogP contribution in [0.25, 0.3) is 0 Å². The van der Waals surface area contributed by atoms with E-state index in [0.29, 0.717) is 36.7 Å². The maximum Gasteiger partial charge on any atom is 0.179 e. The van der Waals surface area contributed by atoms with Gasteiger partial charge in [0.1, 0.15) is 12.1 Å². The third-order valence-electron chi connectivity index (χ3n) is 3.35. The quantitative estimate of drug-likeness (QED) is 0.529. The van der Waals surface area contributed by atoms with Gasteiger partial charge in [-0.2, -0.15) is 0 Å². The molecule has 5 heteroatoms. The standard InChI is InChI=1S/C13H13BrFNO2/c14-9-1-2-10(11(15)7-9)12(18)13(8-17)3-5-16-6-4-13/h1-2,7-8,16H,3-6H2. The summed E-state index contributed by atoms with van der Waals surface area (Å²) < 4.78 is 14.4. The Balaban J connectivity index is 2.36. The van der Waals surface area contributed by atoms with Crippen LogP contribution < -0.4 is 5.32 Å². The van der Waals surface area contributed by atoms with Gasteiger partial charge in [0.05, 0.1) is 11.0 Å². The number of ketones is 1. The number of hydrogen-bond acceptors (Lipinski definition) is 3. The molecule has 1 aliphatic rings. The molecule has 0 aromatic heterocycles. The van der Waals surface area contributed by atoms with E-state index in [0.717, 1.165) is 0 Å². The van der Waals surface area contributed by atoms with Crippen molar-refractivity contribution >= 4 is 28.0 Å². The van der Waals surface area contributed by atoms with Crippen molar-refractivity contribution in [3.05, 3.63) is 34.1 Å². The minimum Gasteiger partial charge on any atom is -0.317 e. The zero-order chi connectivity index (χ0) is 13.2. The molecule has 0 unspecified atom stereocenters. The van der Waals surface area contributed by atoms with Gasteiger partial charge in [-0.3, -0.25) is 4.79 Å². The van der Waals surface area contributed by atoms with Crippen molar-refractivity contribution in [1.29, 1.82) is 0 Å². The van der Waals surface area contributed by atoms with Crippen LogP contribution in [-0.4, -0.2) is 25.2 Å². The van der Waals surface area contributed by atoms with Gasteiger partial charge in [-0.25, -0.2) is 4.39 Å². The highest BCUT2D eigenvalue weighted by atomic mass is 79.9. The molecule has 1 saturated heterocycles. The summed E-state index contributed by atoms with van der Waals surface area (Å²) >= 11 is 3.14. The molecule has 0 atom stereocenters. The largest absolute Gasteiger partial charge is 0.317 e. The number of benzene rings is 1. The van der Waals surface area contributed by atoms with Gasteiger partial charge in [-0.05, 0) is 44.1 Å². The van der Waals surface area contributed by atoms with Crippen molar-refractivity contribution in [3.63, 3.8) is 0 Å². The van der Waals surface area contributed by atoms with Gasteiger partial charge in [-0.1, -0.05) is 15.9 Å². The molecule has 0 saturated carbocycles. The zero-order valence-corrected chi connectivity index (χ0v) is 11.3. The van der Waals surface area contributed by atoms with Crippen LogP contribution >= 0.6 is 15.9 Å². The van der Waals surface area contributed by atoms with E-state index in [1.54, 1.807) is 6.07 Å². The predicted octanol–water partition coefficient (Wildman–Crippen LogP) is 2.34. The fraction of sp³-hybridized carbons (Fsp3) is 0.385. The Morgan fingerprint density at radius 1 is 1.39 bits per heavy atom. The Labute approximate surface area is 113 Å². The average Bonchev–Trinajstić information content (AvgIpc) is 2.39. The molecule has 0 bridgehead atoms. The van der Waals surface area contributed by atoms with Gasteiger partial charge in [0.2, 0.25) is 0 Å². The smallest absolute Gasteiger partial charge is 0.179 e. The Bertz CT molecular complexity index is 484. The molecular weight excluding hydrogens is 301 g/mol. The van der Waals surface area contributed by atoms with Crippen LogP contribution in [-0.2, 0) is 4.79 Å². The number of piperidine rings is 1. The first kappa shape index (κ1) is 13.4. The molecule has 1 aliphatic heterocycles. The molecule has 0 spiro atoms. The first-order valence-electron chi connectivity index (χ1n) is 5.76. The third-order valence-corrected chi connectivity index (χ3v) is 3.84. The first-order chi connectivity index (χ1) is 8.59. The van der Waals surface area contributed by atoms with Gasteiger partial charge in [0.25, 0.3) is 0 Å². The van der Waals surface area contributed by atoms with E-state index in [2.05, 4.69) is 21.2 Å². The van der Waals surface area contributed by atoms with Crippen LogP contribution in [0.3, 0.4) is 0 Å². The van der Waals surface area contributed by atoms with E-state index in [-0.39, 0.29) is 5.56 Å². The van der Waals surface area contributed by atoms with E-state index >= 15 is 0 Å². The summed E-state index contributed by atoms with van der Waals surface area (Å²) in [4.78, 5) is 23.7. The molecular formula is C13H13BrFNO2. The van der Waals surface area contributed by atoms with E-state index < -0.39 is 17.0 Å². The lowest BCUT2D eigenvalue weighted by molar-refractivity contribution is -0.115. The molecule has 96 valence electrons. The normalized spacial score (nSPS) is 18.3. The Kier molecular flexibility index (Phi) is 3.92. The summed E-state index contributed by atoms with van der Waals surface area (Å²) in [6.45, 7) is 1.20. The fourth-order valence-electron chi connectivity index (χ4n) is 2.21. The lowest BCUT2D eigenvalue weighted by Gasteiger charge is -2.31. The lowest BCUT2D eigenvalue weighted by Crippen LogP contribution is -2.43. The summed E-state index contributed by atoms with van der Waals surface area (Å²) in [5.41, 5.74) is -1.08. The Hall–Kier alpha value is -1.07. The third kappa shape index (κ3) is 2.37. The maximum atomic E-state index is 13.8. The summed E-state index contributed by atoms with van der Waals surface area (Å²) in [6, 6.07) is 4.28. The second kappa shape index (κ2) is 5.28. The van der Waals surface area contributed by atoms with Crippen molar-refractivity contribution in [1.82, 2.24) is 5.32 Å². The molecule has 0 aliphatic carbocycles. The molecule has 1 heterocycles. The number of nitrogens with one attached hydrogen (secondary N) is 1. The number of rotatable bonds is 3. The van der Waals surface area contributed by atoms with Crippen LogP contribution in [0.5, 0.6) is 0 Å². The minimum absolute atomic E-state index is 0.00722. The van der Waals surface area contributed by atoms with Gasteiger partial charge in [-0.15, -0.1) is 0 Å². The minimum atomic E-state index is -1.07. The lowest BCUT2D eigenvalue weighted by atomic mass is 9.74. The Morgan fingerprint density at radius 3 is 2.61 bits per heavy atom. The molecule has 2 rings (SSSR count).